The molecule has 0 N–H and O–H groups in total. The molecule has 0 saturated carbocycles. The molecule has 1 rings (SSSR count). The number of hydrogen-bond acceptors (Lipinski definition) is 3. The highest BCUT2D eigenvalue weighted by Gasteiger charge is 2.36. The van der Waals surface area contributed by atoms with Crippen LogP contribution in [0.2, 0.25) is 0 Å². The van der Waals surface area contributed by atoms with Gasteiger partial charge in [0.1, 0.15) is 6.29 Å². The molecule has 1 aromatic rings. The molecule has 3 nitrogen and oxygen atoms in total. The highest BCUT2D eigenvalue weighted by molar-refractivity contribution is 14.1. The van der Waals surface area contributed by atoms with E-state index in [0.717, 1.165) is 34.7 Å². The van der Waals surface area contributed by atoms with Crippen molar-refractivity contribution in [2.24, 2.45) is 5.41 Å². The Morgan fingerprint density at radius 2 is 1.86 bits per heavy atom. The molecule has 0 aliphatic carbocycles. The number of ether oxygens (including phenoxy) is 1. The van der Waals surface area contributed by atoms with Crippen molar-refractivity contribution in [1.82, 2.24) is 0 Å². The van der Waals surface area contributed by atoms with Gasteiger partial charge >= 0.3 is 5.97 Å². The van der Waals surface area contributed by atoms with Gasteiger partial charge in [-0.25, -0.2) is 0 Å². The van der Waals surface area contributed by atoms with E-state index in [1.807, 2.05) is 45.0 Å². The second-order valence-electron chi connectivity index (χ2n) is 6.65. The van der Waals surface area contributed by atoms with Gasteiger partial charge in [-0.3, -0.25) is 4.79 Å². The fourth-order valence-corrected chi connectivity index (χ4v) is 3.08. The lowest BCUT2D eigenvalue weighted by Crippen LogP contribution is -2.34. The van der Waals surface area contributed by atoms with E-state index in [0.29, 0.717) is 6.42 Å². The largest absolute Gasteiger partial charge is 0.468 e. The van der Waals surface area contributed by atoms with E-state index in [2.05, 4.69) is 22.6 Å². The molecule has 0 heterocycles. The zero-order valence-electron chi connectivity index (χ0n) is 13.8. The summed E-state index contributed by atoms with van der Waals surface area (Å²) in [6, 6.07) is 7.99. The summed E-state index contributed by atoms with van der Waals surface area (Å²) in [5, 5.41) is 0. The third kappa shape index (κ3) is 5.07. The number of methoxy groups -OCH3 is 1. The molecule has 0 aliphatic heterocycles. The highest BCUT2D eigenvalue weighted by Crippen LogP contribution is 2.33. The van der Waals surface area contributed by atoms with Crippen molar-refractivity contribution >= 4 is 34.8 Å². The van der Waals surface area contributed by atoms with Crippen molar-refractivity contribution in [2.75, 3.05) is 7.11 Å². The maximum absolute atomic E-state index is 12.3. The molecule has 4 heteroatoms. The Balaban J connectivity index is 2.81. The number of esters is 1. The second-order valence-corrected chi connectivity index (χ2v) is 7.89. The summed E-state index contributed by atoms with van der Waals surface area (Å²) in [5.41, 5.74) is 0.0614. The summed E-state index contributed by atoms with van der Waals surface area (Å²) in [4.78, 5) is 23.3. The molecule has 0 fully saturated rings. The predicted molar refractivity (Wildman–Crippen MR) is 96.8 cm³/mol. The van der Waals surface area contributed by atoms with Crippen LogP contribution in [0.4, 0.5) is 0 Å². The lowest BCUT2D eigenvalue weighted by atomic mass is 9.77. The van der Waals surface area contributed by atoms with Crippen LogP contribution in [0.25, 0.3) is 0 Å². The van der Waals surface area contributed by atoms with E-state index in [1.165, 1.54) is 7.11 Å². The van der Waals surface area contributed by atoms with Crippen LogP contribution in [0.15, 0.2) is 24.3 Å². The highest BCUT2D eigenvalue weighted by atomic mass is 127. The van der Waals surface area contributed by atoms with E-state index < -0.39 is 5.41 Å². The van der Waals surface area contributed by atoms with Gasteiger partial charge < -0.3 is 9.53 Å². The molecule has 0 unspecified atom stereocenters. The first-order valence-corrected chi connectivity index (χ1v) is 8.64. The first-order chi connectivity index (χ1) is 10.2. The first-order valence-electron chi connectivity index (χ1n) is 7.56. The molecule has 1 aromatic carbocycles. The fraction of sp³-hybridized carbons (Fsp3) is 0.556. The topological polar surface area (TPSA) is 43.4 Å². The minimum absolute atomic E-state index is 0.204. The van der Waals surface area contributed by atoms with Gasteiger partial charge in [-0.2, -0.15) is 0 Å². The average Bonchev–Trinajstić information content (AvgIpc) is 2.50. The van der Waals surface area contributed by atoms with Crippen LogP contribution in [0.5, 0.6) is 0 Å². The van der Waals surface area contributed by atoms with Gasteiger partial charge in [0.25, 0.3) is 0 Å². The SMILES string of the molecule is COC(=O)[C@](C)(CCCCC(C)(C)C=O)c1cccc(I)c1. The maximum atomic E-state index is 12.3. The zero-order chi connectivity index (χ0) is 16.8. The van der Waals surface area contributed by atoms with Gasteiger partial charge in [-0.05, 0) is 60.1 Å². The van der Waals surface area contributed by atoms with Crippen LogP contribution in [0, 0.1) is 8.99 Å². The number of benzene rings is 1. The minimum atomic E-state index is -0.638. The second kappa shape index (κ2) is 8.09. The number of carbonyl (C=O) groups excluding carboxylic acids is 2. The minimum Gasteiger partial charge on any atom is -0.468 e. The third-order valence-electron chi connectivity index (χ3n) is 4.16. The molecule has 0 amide bonds. The van der Waals surface area contributed by atoms with Crippen LogP contribution >= 0.6 is 22.6 Å². The lowest BCUT2D eigenvalue weighted by Gasteiger charge is -2.28. The summed E-state index contributed by atoms with van der Waals surface area (Å²) >= 11 is 2.25. The number of unbranched alkanes of at least 4 members (excludes halogenated alkanes) is 1. The van der Waals surface area contributed by atoms with Crippen molar-refractivity contribution < 1.29 is 14.3 Å². The lowest BCUT2D eigenvalue weighted by molar-refractivity contribution is -0.147. The predicted octanol–water partition coefficient (Wildman–Crippen LogP) is 4.51. The molecule has 0 spiro atoms. The Labute approximate surface area is 147 Å². The third-order valence-corrected chi connectivity index (χ3v) is 4.84. The number of hydrogen-bond donors (Lipinski definition) is 0. The molecule has 22 heavy (non-hydrogen) atoms. The van der Waals surface area contributed by atoms with Gasteiger partial charge in [0, 0.05) is 8.99 Å². The van der Waals surface area contributed by atoms with Gasteiger partial charge in [0.15, 0.2) is 0 Å². The van der Waals surface area contributed by atoms with Crippen molar-refractivity contribution in [1.29, 1.82) is 0 Å². The molecule has 1 atom stereocenters. The van der Waals surface area contributed by atoms with Gasteiger partial charge in [0.2, 0.25) is 0 Å². The molecular weight excluding hydrogens is 391 g/mol. The van der Waals surface area contributed by atoms with E-state index >= 15 is 0 Å². The first kappa shape index (κ1) is 19.1. The van der Waals surface area contributed by atoms with Crippen molar-refractivity contribution in [2.45, 2.75) is 51.9 Å². The molecule has 0 radical (unpaired) electrons. The number of aldehydes is 1. The molecule has 0 aromatic heterocycles. The van der Waals surface area contributed by atoms with Crippen LogP contribution in [0.3, 0.4) is 0 Å². The summed E-state index contributed by atoms with van der Waals surface area (Å²) in [6.07, 6.45) is 4.36. The van der Waals surface area contributed by atoms with E-state index in [4.69, 9.17) is 4.74 Å². The number of halogens is 1. The van der Waals surface area contributed by atoms with Gasteiger partial charge in [-0.1, -0.05) is 38.8 Å². The Hall–Kier alpha value is -0.910. The van der Waals surface area contributed by atoms with Crippen LogP contribution < -0.4 is 0 Å². The summed E-state index contributed by atoms with van der Waals surface area (Å²) in [6.45, 7) is 5.83. The smallest absolute Gasteiger partial charge is 0.315 e. The van der Waals surface area contributed by atoms with Gasteiger partial charge in [0.05, 0.1) is 12.5 Å². The summed E-state index contributed by atoms with van der Waals surface area (Å²) in [7, 11) is 1.43. The monoisotopic (exact) mass is 416 g/mol. The Morgan fingerprint density at radius 3 is 2.41 bits per heavy atom. The van der Waals surface area contributed by atoms with Gasteiger partial charge in [-0.15, -0.1) is 0 Å². The normalized spacial score (nSPS) is 14.2. The zero-order valence-corrected chi connectivity index (χ0v) is 16.0. The quantitative estimate of drug-likeness (QED) is 0.271. The van der Waals surface area contributed by atoms with E-state index in [9.17, 15) is 9.59 Å². The Morgan fingerprint density at radius 1 is 1.23 bits per heavy atom. The molecular formula is C18H25IO3. The molecule has 0 saturated heterocycles. The Bertz CT molecular complexity index is 525. The molecule has 0 aliphatic rings. The standard InChI is InChI=1S/C18H25IO3/c1-17(2,13-20)10-5-6-11-18(3,16(21)22-4)14-8-7-9-15(19)12-14/h7-9,12-13H,5-6,10-11H2,1-4H3/t18-/m1/s1. The molecule has 122 valence electrons. The van der Waals surface area contributed by atoms with Crippen molar-refractivity contribution in [3.8, 4) is 0 Å². The average molecular weight is 416 g/mol. The Kier molecular flexibility index (Phi) is 7.03. The van der Waals surface area contributed by atoms with Crippen LogP contribution in [-0.2, 0) is 19.7 Å². The van der Waals surface area contributed by atoms with Crippen molar-refractivity contribution in [3.63, 3.8) is 0 Å². The number of carbonyl (C=O) groups is 2. The van der Waals surface area contributed by atoms with E-state index in [-0.39, 0.29) is 11.4 Å². The fourth-order valence-electron chi connectivity index (χ4n) is 2.54. The molecule has 0 bridgehead atoms. The number of rotatable bonds is 8. The summed E-state index contributed by atoms with van der Waals surface area (Å²) < 4.78 is 6.14. The van der Waals surface area contributed by atoms with Crippen LogP contribution in [-0.4, -0.2) is 19.4 Å². The van der Waals surface area contributed by atoms with Crippen molar-refractivity contribution in [3.05, 3.63) is 33.4 Å². The van der Waals surface area contributed by atoms with Crippen LogP contribution in [0.1, 0.15) is 52.0 Å². The van der Waals surface area contributed by atoms with E-state index in [1.54, 1.807) is 0 Å². The summed E-state index contributed by atoms with van der Waals surface area (Å²) in [5.74, 6) is -0.204. The maximum Gasteiger partial charge on any atom is 0.315 e.